The maximum absolute atomic E-state index is 4.32. The number of hydrogen-bond acceptors (Lipinski definition) is 4. The summed E-state index contributed by atoms with van der Waals surface area (Å²) in [5.74, 6) is 2.34. The van der Waals surface area contributed by atoms with E-state index >= 15 is 0 Å². The number of piperidine rings is 1. The molecule has 3 heterocycles. The summed E-state index contributed by atoms with van der Waals surface area (Å²) in [5.41, 5.74) is 0.835. The summed E-state index contributed by atoms with van der Waals surface area (Å²) in [6.07, 6.45) is 5.34. The van der Waals surface area contributed by atoms with E-state index in [1.54, 1.807) is 6.20 Å². The average molecular weight is 245 g/mol. The number of fused-ring (bicyclic) bond motifs is 1. The Morgan fingerprint density at radius 3 is 3.28 bits per heavy atom. The minimum absolute atomic E-state index is 0.618. The van der Waals surface area contributed by atoms with Gasteiger partial charge in [0.25, 0.3) is 0 Å². The fraction of sp³-hybridized carbons (Fsp3) is 0.615. The summed E-state index contributed by atoms with van der Waals surface area (Å²) in [4.78, 5) is 0. The van der Waals surface area contributed by atoms with E-state index < -0.39 is 0 Å². The molecule has 0 aliphatic carbocycles. The minimum atomic E-state index is 0.618. The Kier molecular flexibility index (Phi) is 3.23. The summed E-state index contributed by atoms with van der Waals surface area (Å²) in [5, 5.41) is 16.2. The molecule has 18 heavy (non-hydrogen) atoms. The smallest absolute Gasteiger partial charge is 0.177 e. The molecule has 2 aromatic rings. The molecular formula is C13H19N5. The van der Waals surface area contributed by atoms with E-state index in [0.29, 0.717) is 5.92 Å². The first-order chi connectivity index (χ1) is 8.84. The van der Waals surface area contributed by atoms with Crippen LogP contribution in [0.15, 0.2) is 18.3 Å². The van der Waals surface area contributed by atoms with Crippen LogP contribution in [0.25, 0.3) is 5.65 Å². The predicted octanol–water partition coefficient (Wildman–Crippen LogP) is 1.30. The summed E-state index contributed by atoms with van der Waals surface area (Å²) in [6, 6.07) is 3.83. The number of nitrogens with zero attached hydrogens (tertiary/aromatic N) is 4. The lowest BCUT2D eigenvalue weighted by molar-refractivity contribution is 0.275. The molecule has 2 aromatic heterocycles. The minimum Gasteiger partial charge on any atom is -0.316 e. The SMILES string of the molecule is CC(Cc1nnc2cccnn12)C1CCCNC1. The summed E-state index contributed by atoms with van der Waals surface area (Å²) in [7, 11) is 0. The lowest BCUT2D eigenvalue weighted by atomic mass is 9.85. The molecule has 5 heteroatoms. The monoisotopic (exact) mass is 245 g/mol. The van der Waals surface area contributed by atoms with Gasteiger partial charge < -0.3 is 5.32 Å². The molecule has 1 aliphatic heterocycles. The molecule has 0 saturated carbocycles. The molecule has 1 aliphatic rings. The van der Waals surface area contributed by atoms with Crippen LogP contribution in [-0.2, 0) is 6.42 Å². The zero-order valence-corrected chi connectivity index (χ0v) is 10.7. The molecule has 2 unspecified atom stereocenters. The number of hydrogen-bond donors (Lipinski definition) is 1. The maximum Gasteiger partial charge on any atom is 0.177 e. The topological polar surface area (TPSA) is 55.1 Å². The molecule has 96 valence electrons. The van der Waals surface area contributed by atoms with Gasteiger partial charge in [-0.2, -0.15) is 9.61 Å². The van der Waals surface area contributed by atoms with Crippen LogP contribution in [0.4, 0.5) is 0 Å². The standard InChI is InChI=1S/C13H19N5/c1-10(11-4-2-6-14-9-11)8-13-17-16-12-5-3-7-15-18(12)13/h3,5,7,10-11,14H,2,4,6,8-9H2,1H3. The van der Waals surface area contributed by atoms with Crippen molar-refractivity contribution in [2.45, 2.75) is 26.2 Å². The fourth-order valence-corrected chi connectivity index (χ4v) is 2.74. The molecule has 3 rings (SSSR count). The van der Waals surface area contributed by atoms with Crippen molar-refractivity contribution >= 4 is 5.65 Å². The van der Waals surface area contributed by atoms with Crippen molar-refractivity contribution in [2.24, 2.45) is 11.8 Å². The molecular weight excluding hydrogens is 226 g/mol. The third kappa shape index (κ3) is 2.22. The van der Waals surface area contributed by atoms with E-state index in [9.17, 15) is 0 Å². The lowest BCUT2D eigenvalue weighted by Crippen LogP contribution is -2.34. The Bertz CT molecular complexity index is 515. The predicted molar refractivity (Wildman–Crippen MR) is 69.2 cm³/mol. The molecule has 0 amide bonds. The van der Waals surface area contributed by atoms with Crippen LogP contribution in [-0.4, -0.2) is 32.9 Å². The average Bonchev–Trinajstić information content (AvgIpc) is 2.83. The highest BCUT2D eigenvalue weighted by Gasteiger charge is 2.21. The van der Waals surface area contributed by atoms with E-state index in [1.165, 1.54) is 19.4 Å². The Balaban J connectivity index is 1.75. The molecule has 2 atom stereocenters. The summed E-state index contributed by atoms with van der Waals surface area (Å²) in [6.45, 7) is 4.60. The Morgan fingerprint density at radius 1 is 1.50 bits per heavy atom. The molecule has 0 spiro atoms. The van der Waals surface area contributed by atoms with E-state index in [4.69, 9.17) is 0 Å². The largest absolute Gasteiger partial charge is 0.316 e. The van der Waals surface area contributed by atoms with Gasteiger partial charge in [0, 0.05) is 12.6 Å². The van der Waals surface area contributed by atoms with Gasteiger partial charge in [0.2, 0.25) is 0 Å². The van der Waals surface area contributed by atoms with Gasteiger partial charge in [0.05, 0.1) is 0 Å². The highest BCUT2D eigenvalue weighted by atomic mass is 15.4. The van der Waals surface area contributed by atoms with Crippen molar-refractivity contribution in [3.63, 3.8) is 0 Å². The van der Waals surface area contributed by atoms with Crippen LogP contribution in [0.2, 0.25) is 0 Å². The van der Waals surface area contributed by atoms with Gasteiger partial charge in [-0.3, -0.25) is 0 Å². The van der Waals surface area contributed by atoms with Crippen molar-refractivity contribution < 1.29 is 0 Å². The van der Waals surface area contributed by atoms with Crippen LogP contribution >= 0.6 is 0 Å². The van der Waals surface area contributed by atoms with E-state index in [1.807, 2.05) is 16.6 Å². The Morgan fingerprint density at radius 2 is 2.44 bits per heavy atom. The lowest BCUT2D eigenvalue weighted by Gasteiger charge is -2.27. The number of aromatic nitrogens is 4. The Hall–Kier alpha value is -1.49. The number of nitrogens with one attached hydrogen (secondary N) is 1. The van der Waals surface area contributed by atoms with Crippen molar-refractivity contribution in [2.75, 3.05) is 13.1 Å². The second-order valence-electron chi connectivity index (χ2n) is 5.20. The first-order valence-electron chi connectivity index (χ1n) is 6.70. The van der Waals surface area contributed by atoms with Gasteiger partial charge in [-0.15, -0.1) is 10.2 Å². The first-order valence-corrected chi connectivity index (χ1v) is 6.70. The van der Waals surface area contributed by atoms with Crippen LogP contribution in [0, 0.1) is 11.8 Å². The van der Waals surface area contributed by atoms with Crippen molar-refractivity contribution in [3.8, 4) is 0 Å². The molecule has 5 nitrogen and oxygen atoms in total. The molecule has 1 saturated heterocycles. The van der Waals surface area contributed by atoms with Crippen molar-refractivity contribution in [1.82, 2.24) is 25.1 Å². The molecule has 1 fully saturated rings. The third-order valence-electron chi connectivity index (χ3n) is 3.89. The molecule has 1 N–H and O–H groups in total. The summed E-state index contributed by atoms with van der Waals surface area (Å²) < 4.78 is 1.85. The second-order valence-corrected chi connectivity index (χ2v) is 5.20. The van der Waals surface area contributed by atoms with Gasteiger partial charge in [-0.1, -0.05) is 6.92 Å². The molecule has 0 radical (unpaired) electrons. The zero-order chi connectivity index (χ0) is 12.4. The normalized spacial score (nSPS) is 22.2. The zero-order valence-electron chi connectivity index (χ0n) is 10.7. The third-order valence-corrected chi connectivity index (χ3v) is 3.89. The second kappa shape index (κ2) is 5.02. The van der Waals surface area contributed by atoms with Gasteiger partial charge in [0.1, 0.15) is 0 Å². The van der Waals surface area contributed by atoms with Crippen LogP contribution in [0.5, 0.6) is 0 Å². The van der Waals surface area contributed by atoms with Crippen molar-refractivity contribution in [3.05, 3.63) is 24.2 Å². The first kappa shape index (κ1) is 11.6. The van der Waals surface area contributed by atoms with Crippen molar-refractivity contribution in [1.29, 1.82) is 0 Å². The van der Waals surface area contributed by atoms with Crippen LogP contribution in [0.1, 0.15) is 25.6 Å². The van der Waals surface area contributed by atoms with E-state index in [-0.39, 0.29) is 0 Å². The quantitative estimate of drug-likeness (QED) is 0.885. The highest BCUT2D eigenvalue weighted by molar-refractivity contribution is 5.34. The van der Waals surface area contributed by atoms with E-state index in [0.717, 1.165) is 30.4 Å². The van der Waals surface area contributed by atoms with E-state index in [2.05, 4.69) is 27.5 Å². The summed E-state index contributed by atoms with van der Waals surface area (Å²) >= 11 is 0. The van der Waals surface area contributed by atoms with Crippen LogP contribution < -0.4 is 5.32 Å². The fourth-order valence-electron chi connectivity index (χ4n) is 2.74. The Labute approximate surface area is 107 Å². The van der Waals surface area contributed by atoms with Gasteiger partial charge in [-0.05, 0) is 49.9 Å². The van der Waals surface area contributed by atoms with Gasteiger partial charge in [0.15, 0.2) is 11.5 Å². The number of rotatable bonds is 3. The van der Waals surface area contributed by atoms with Crippen LogP contribution in [0.3, 0.4) is 0 Å². The highest BCUT2D eigenvalue weighted by Crippen LogP contribution is 2.22. The maximum atomic E-state index is 4.32. The molecule has 0 aromatic carbocycles. The molecule has 0 bridgehead atoms. The van der Waals surface area contributed by atoms with Gasteiger partial charge >= 0.3 is 0 Å². The van der Waals surface area contributed by atoms with Gasteiger partial charge in [-0.25, -0.2) is 0 Å².